The molecule has 1 unspecified atom stereocenters. The molecule has 0 aliphatic heterocycles. The number of halogens is 1. The molecule has 0 aliphatic rings. The van der Waals surface area contributed by atoms with Gasteiger partial charge in [0.15, 0.2) is 0 Å². The maximum atomic E-state index is 12.2. The Kier molecular flexibility index (Phi) is 5.24. The molecule has 0 bridgehead atoms. The summed E-state index contributed by atoms with van der Waals surface area (Å²) in [5, 5.41) is 9.08. The lowest BCUT2D eigenvalue weighted by Gasteiger charge is -2.25. The summed E-state index contributed by atoms with van der Waals surface area (Å²) in [4.78, 5) is 27.4. The second-order valence-corrected chi connectivity index (χ2v) is 6.10. The standard InChI is InChI=1S/C13H17BrN2O4/c1-13(2,3)20-12(19)8(9(15)11(17)18)10-7(14)5-4-6-16-10/h4-6,8-9H,15H2,1-3H3,(H,17,18)/t8-,9?/m0/s1. The topological polar surface area (TPSA) is 103 Å². The van der Waals surface area contributed by atoms with Crippen LogP contribution >= 0.6 is 15.9 Å². The number of hydrogen-bond donors (Lipinski definition) is 2. The Bertz CT molecular complexity index is 513. The van der Waals surface area contributed by atoms with Gasteiger partial charge in [-0.15, -0.1) is 0 Å². The summed E-state index contributed by atoms with van der Waals surface area (Å²) in [6.07, 6.45) is 1.46. The van der Waals surface area contributed by atoms with Gasteiger partial charge in [0.25, 0.3) is 0 Å². The molecule has 0 fully saturated rings. The van der Waals surface area contributed by atoms with Crippen molar-refractivity contribution >= 4 is 27.9 Å². The number of carboxylic acid groups (broad SMARTS) is 1. The first-order chi connectivity index (χ1) is 9.13. The maximum Gasteiger partial charge on any atom is 0.321 e. The number of carbonyl (C=O) groups is 2. The molecule has 0 radical (unpaired) electrons. The first-order valence-corrected chi connectivity index (χ1v) is 6.74. The Morgan fingerprint density at radius 3 is 2.50 bits per heavy atom. The highest BCUT2D eigenvalue weighted by Crippen LogP contribution is 2.27. The van der Waals surface area contributed by atoms with Gasteiger partial charge in [0.05, 0.1) is 5.69 Å². The molecule has 7 heteroatoms. The van der Waals surface area contributed by atoms with E-state index in [9.17, 15) is 9.59 Å². The summed E-state index contributed by atoms with van der Waals surface area (Å²) < 4.78 is 5.74. The van der Waals surface area contributed by atoms with Crippen LogP contribution < -0.4 is 5.73 Å². The minimum atomic E-state index is -1.43. The van der Waals surface area contributed by atoms with Crippen LogP contribution in [-0.2, 0) is 14.3 Å². The van der Waals surface area contributed by atoms with Crippen LogP contribution in [0, 0.1) is 0 Å². The van der Waals surface area contributed by atoms with Gasteiger partial charge in [-0.2, -0.15) is 0 Å². The Morgan fingerprint density at radius 1 is 1.45 bits per heavy atom. The summed E-state index contributed by atoms with van der Waals surface area (Å²) in [7, 11) is 0. The summed E-state index contributed by atoms with van der Waals surface area (Å²) in [5.41, 5.74) is 5.13. The van der Waals surface area contributed by atoms with E-state index in [2.05, 4.69) is 20.9 Å². The van der Waals surface area contributed by atoms with Crippen molar-refractivity contribution < 1.29 is 19.4 Å². The number of rotatable bonds is 4. The zero-order valence-corrected chi connectivity index (χ0v) is 13.0. The number of hydrogen-bond acceptors (Lipinski definition) is 5. The largest absolute Gasteiger partial charge is 0.480 e. The van der Waals surface area contributed by atoms with Gasteiger partial charge in [-0.25, -0.2) is 0 Å². The fraction of sp³-hybridized carbons (Fsp3) is 0.462. The molecule has 1 aromatic rings. The molecule has 6 nitrogen and oxygen atoms in total. The summed E-state index contributed by atoms with van der Waals surface area (Å²) in [6, 6.07) is 1.89. The molecular formula is C13H17BrN2O4. The van der Waals surface area contributed by atoms with E-state index in [4.69, 9.17) is 15.6 Å². The van der Waals surface area contributed by atoms with Gasteiger partial charge >= 0.3 is 11.9 Å². The molecule has 0 aromatic carbocycles. The number of pyridine rings is 1. The first kappa shape index (κ1) is 16.6. The third kappa shape index (κ3) is 4.28. The minimum absolute atomic E-state index is 0.247. The number of ether oxygens (including phenoxy) is 1. The Hall–Kier alpha value is -1.47. The lowest BCUT2D eigenvalue weighted by molar-refractivity contribution is -0.160. The highest BCUT2D eigenvalue weighted by Gasteiger charge is 2.37. The molecule has 0 saturated heterocycles. The molecule has 1 aromatic heterocycles. The highest BCUT2D eigenvalue weighted by atomic mass is 79.9. The Balaban J connectivity index is 3.20. The third-order valence-corrected chi connectivity index (χ3v) is 3.06. The molecule has 20 heavy (non-hydrogen) atoms. The van der Waals surface area contributed by atoms with Crippen LogP contribution in [0.2, 0.25) is 0 Å². The van der Waals surface area contributed by atoms with Gasteiger partial charge in [-0.1, -0.05) is 0 Å². The van der Waals surface area contributed by atoms with E-state index >= 15 is 0 Å². The van der Waals surface area contributed by atoms with Crippen molar-refractivity contribution in [3.8, 4) is 0 Å². The van der Waals surface area contributed by atoms with Crippen molar-refractivity contribution in [1.82, 2.24) is 4.98 Å². The summed E-state index contributed by atoms with van der Waals surface area (Å²) in [6.45, 7) is 5.09. The van der Waals surface area contributed by atoms with E-state index in [0.717, 1.165) is 0 Å². The molecule has 2 atom stereocenters. The quantitative estimate of drug-likeness (QED) is 0.805. The lowest BCUT2D eigenvalue weighted by atomic mass is 9.96. The normalized spacial score (nSPS) is 14.4. The van der Waals surface area contributed by atoms with Crippen molar-refractivity contribution in [1.29, 1.82) is 0 Å². The first-order valence-electron chi connectivity index (χ1n) is 5.95. The van der Waals surface area contributed by atoms with Crippen molar-refractivity contribution in [3.05, 3.63) is 28.5 Å². The number of carboxylic acids is 1. The predicted octanol–water partition coefficient (Wildman–Crippen LogP) is 1.68. The van der Waals surface area contributed by atoms with E-state index in [-0.39, 0.29) is 5.69 Å². The Labute approximate surface area is 125 Å². The van der Waals surface area contributed by atoms with Crippen LogP contribution in [0.5, 0.6) is 0 Å². The van der Waals surface area contributed by atoms with Gasteiger partial charge < -0.3 is 15.6 Å². The zero-order valence-electron chi connectivity index (χ0n) is 11.5. The monoisotopic (exact) mass is 344 g/mol. The number of aliphatic carboxylic acids is 1. The molecule has 0 aliphatic carbocycles. The van der Waals surface area contributed by atoms with E-state index in [1.807, 2.05) is 0 Å². The van der Waals surface area contributed by atoms with Crippen molar-refractivity contribution in [2.75, 3.05) is 0 Å². The predicted molar refractivity (Wildman–Crippen MR) is 76.1 cm³/mol. The third-order valence-electron chi connectivity index (χ3n) is 2.39. The summed E-state index contributed by atoms with van der Waals surface area (Å²) >= 11 is 3.24. The number of nitrogens with two attached hydrogens (primary N) is 1. The summed E-state index contributed by atoms with van der Waals surface area (Å²) in [5.74, 6) is -3.19. The van der Waals surface area contributed by atoms with Gasteiger partial charge in [-0.05, 0) is 48.8 Å². The van der Waals surface area contributed by atoms with Crippen LogP contribution in [-0.4, -0.2) is 33.7 Å². The molecule has 3 N–H and O–H groups in total. The Morgan fingerprint density at radius 2 is 2.05 bits per heavy atom. The van der Waals surface area contributed by atoms with Gasteiger partial charge in [-0.3, -0.25) is 14.6 Å². The van der Waals surface area contributed by atoms with Crippen LogP contribution in [0.1, 0.15) is 32.4 Å². The lowest BCUT2D eigenvalue weighted by Crippen LogP contribution is -2.43. The highest BCUT2D eigenvalue weighted by molar-refractivity contribution is 9.10. The molecule has 0 spiro atoms. The van der Waals surface area contributed by atoms with Crippen molar-refractivity contribution in [2.24, 2.45) is 5.73 Å². The van der Waals surface area contributed by atoms with Crippen molar-refractivity contribution in [2.45, 2.75) is 38.3 Å². The fourth-order valence-electron chi connectivity index (χ4n) is 1.56. The van der Waals surface area contributed by atoms with Crippen LogP contribution in [0.15, 0.2) is 22.8 Å². The smallest absolute Gasteiger partial charge is 0.321 e. The molecular weight excluding hydrogens is 328 g/mol. The molecule has 0 saturated carbocycles. The van der Waals surface area contributed by atoms with E-state index in [1.54, 1.807) is 32.9 Å². The SMILES string of the molecule is CC(C)(C)OC(=O)[C@H](c1ncccc1Br)C(N)C(=O)O. The molecule has 1 heterocycles. The van der Waals surface area contributed by atoms with Gasteiger partial charge in [0.1, 0.15) is 17.6 Å². The molecule has 0 amide bonds. The number of aromatic nitrogens is 1. The van der Waals surface area contributed by atoms with Crippen LogP contribution in [0.4, 0.5) is 0 Å². The van der Waals surface area contributed by atoms with Crippen LogP contribution in [0.3, 0.4) is 0 Å². The van der Waals surface area contributed by atoms with Crippen molar-refractivity contribution in [3.63, 3.8) is 0 Å². The second-order valence-electron chi connectivity index (χ2n) is 5.25. The average Bonchev–Trinajstić information content (AvgIpc) is 2.29. The molecule has 1 rings (SSSR count). The van der Waals surface area contributed by atoms with Crippen LogP contribution in [0.25, 0.3) is 0 Å². The van der Waals surface area contributed by atoms with E-state index in [1.165, 1.54) is 6.20 Å². The number of nitrogens with zero attached hydrogens (tertiary/aromatic N) is 1. The average molecular weight is 345 g/mol. The van der Waals surface area contributed by atoms with E-state index in [0.29, 0.717) is 4.47 Å². The minimum Gasteiger partial charge on any atom is -0.480 e. The van der Waals surface area contributed by atoms with Gasteiger partial charge in [0.2, 0.25) is 0 Å². The van der Waals surface area contributed by atoms with Gasteiger partial charge in [0, 0.05) is 10.7 Å². The zero-order chi connectivity index (χ0) is 15.5. The fourth-order valence-corrected chi connectivity index (χ4v) is 2.06. The molecule has 110 valence electrons. The number of carbonyl (C=O) groups excluding carboxylic acids is 1. The van der Waals surface area contributed by atoms with E-state index < -0.39 is 29.5 Å². The second kappa shape index (κ2) is 6.32. The number of esters is 1. The maximum absolute atomic E-state index is 12.2.